The molecule has 3 N–H and O–H groups in total. The van der Waals surface area contributed by atoms with Gasteiger partial charge in [0.15, 0.2) is 0 Å². The number of nitrogens with zero attached hydrogens (tertiary/aromatic N) is 2. The molecule has 136 valence electrons. The molecule has 2 amide bonds. The monoisotopic (exact) mass is 352 g/mol. The average Bonchev–Trinajstić information content (AvgIpc) is 2.66. The van der Waals surface area contributed by atoms with Crippen molar-refractivity contribution in [2.45, 2.75) is 26.5 Å². The summed E-state index contributed by atoms with van der Waals surface area (Å²) in [5.41, 5.74) is 11.3. The number of amides is 2. The zero-order valence-electron chi connectivity index (χ0n) is 15.2. The highest BCUT2D eigenvalue weighted by Crippen LogP contribution is 2.25. The number of nitrogens with one attached hydrogen (secondary N) is 1. The second-order valence-corrected chi connectivity index (χ2v) is 6.28. The van der Waals surface area contributed by atoms with Gasteiger partial charge >= 0.3 is 6.03 Å². The van der Waals surface area contributed by atoms with Crippen molar-refractivity contribution in [1.29, 1.82) is 0 Å². The van der Waals surface area contributed by atoms with Crippen LogP contribution in [-0.4, -0.2) is 30.4 Å². The van der Waals surface area contributed by atoms with E-state index in [1.165, 1.54) is 5.01 Å². The molecule has 0 saturated carbocycles. The molecule has 1 heterocycles. The zero-order valence-corrected chi connectivity index (χ0v) is 15.2. The number of nitrogen functional groups attached to an aromatic ring is 1. The number of hydrogen-bond acceptors (Lipinski definition) is 4. The van der Waals surface area contributed by atoms with Gasteiger partial charge in [-0.25, -0.2) is 9.80 Å². The number of rotatable bonds is 5. The Balaban J connectivity index is 2.02. The van der Waals surface area contributed by atoms with E-state index in [4.69, 9.17) is 10.5 Å². The average molecular weight is 352 g/mol. The van der Waals surface area contributed by atoms with E-state index < -0.39 is 0 Å². The van der Waals surface area contributed by atoms with Crippen molar-refractivity contribution in [2.24, 2.45) is 5.10 Å². The van der Waals surface area contributed by atoms with Crippen molar-refractivity contribution >= 4 is 17.4 Å². The normalized spacial score (nSPS) is 13.2. The SMILES string of the molecule is CCCNC(=O)N1Cc2ccc(COC)cc2C(c2ccc(N)cc2)=N1. The lowest BCUT2D eigenvalue weighted by Crippen LogP contribution is -2.39. The van der Waals surface area contributed by atoms with Gasteiger partial charge in [0.2, 0.25) is 0 Å². The summed E-state index contributed by atoms with van der Waals surface area (Å²) in [5, 5.41) is 9.00. The summed E-state index contributed by atoms with van der Waals surface area (Å²) in [4.78, 5) is 12.4. The molecule has 6 nitrogen and oxygen atoms in total. The Morgan fingerprint density at radius 2 is 2.04 bits per heavy atom. The van der Waals surface area contributed by atoms with Crippen molar-refractivity contribution in [3.63, 3.8) is 0 Å². The molecule has 6 heteroatoms. The third kappa shape index (κ3) is 3.86. The number of nitrogens with two attached hydrogens (primary N) is 1. The maximum atomic E-state index is 12.4. The lowest BCUT2D eigenvalue weighted by Gasteiger charge is -2.27. The fourth-order valence-corrected chi connectivity index (χ4v) is 2.90. The first-order valence-electron chi connectivity index (χ1n) is 8.73. The van der Waals surface area contributed by atoms with Crippen LogP contribution in [0, 0.1) is 0 Å². The molecule has 0 spiro atoms. The number of carbonyl (C=O) groups is 1. The van der Waals surface area contributed by atoms with Crippen LogP contribution in [0.15, 0.2) is 47.6 Å². The first-order chi connectivity index (χ1) is 12.6. The summed E-state index contributed by atoms with van der Waals surface area (Å²) in [6, 6.07) is 13.5. The van der Waals surface area contributed by atoms with Crippen molar-refractivity contribution in [1.82, 2.24) is 10.3 Å². The summed E-state index contributed by atoms with van der Waals surface area (Å²) in [7, 11) is 1.67. The van der Waals surface area contributed by atoms with Gasteiger partial charge < -0.3 is 15.8 Å². The van der Waals surface area contributed by atoms with Crippen LogP contribution in [0.2, 0.25) is 0 Å². The van der Waals surface area contributed by atoms with E-state index in [9.17, 15) is 4.79 Å². The Morgan fingerprint density at radius 3 is 2.73 bits per heavy atom. The molecule has 0 aromatic heterocycles. The molecule has 0 aliphatic carbocycles. The van der Waals surface area contributed by atoms with E-state index in [0.717, 1.165) is 34.4 Å². The molecule has 0 atom stereocenters. The maximum absolute atomic E-state index is 12.4. The minimum absolute atomic E-state index is 0.189. The van der Waals surface area contributed by atoms with Crippen LogP contribution in [0.25, 0.3) is 0 Å². The van der Waals surface area contributed by atoms with E-state index in [0.29, 0.717) is 25.4 Å². The molecule has 0 radical (unpaired) electrons. The highest BCUT2D eigenvalue weighted by molar-refractivity contribution is 6.14. The van der Waals surface area contributed by atoms with Gasteiger partial charge in [-0.15, -0.1) is 0 Å². The van der Waals surface area contributed by atoms with E-state index in [1.807, 2.05) is 43.3 Å². The van der Waals surface area contributed by atoms with Crippen LogP contribution in [0.4, 0.5) is 10.5 Å². The summed E-state index contributed by atoms with van der Waals surface area (Å²) < 4.78 is 5.25. The van der Waals surface area contributed by atoms with Gasteiger partial charge in [0, 0.05) is 30.5 Å². The minimum atomic E-state index is -0.189. The Morgan fingerprint density at radius 1 is 1.27 bits per heavy atom. The van der Waals surface area contributed by atoms with Gasteiger partial charge in [-0.05, 0) is 35.7 Å². The van der Waals surface area contributed by atoms with Crippen LogP contribution in [0.1, 0.15) is 35.6 Å². The van der Waals surface area contributed by atoms with E-state index >= 15 is 0 Å². The lowest BCUT2D eigenvalue weighted by molar-refractivity contribution is 0.184. The smallest absolute Gasteiger partial charge is 0.338 e. The summed E-state index contributed by atoms with van der Waals surface area (Å²) in [5.74, 6) is 0. The molecular formula is C20H24N4O2. The predicted molar refractivity (Wildman–Crippen MR) is 103 cm³/mol. The molecule has 0 fully saturated rings. The van der Waals surface area contributed by atoms with Crippen LogP contribution >= 0.6 is 0 Å². The number of carbonyl (C=O) groups excluding carboxylic acids is 1. The maximum Gasteiger partial charge on any atom is 0.338 e. The molecule has 1 aliphatic heterocycles. The third-order valence-electron chi connectivity index (χ3n) is 4.23. The van der Waals surface area contributed by atoms with Crippen molar-refractivity contribution in [3.05, 3.63) is 64.7 Å². The summed E-state index contributed by atoms with van der Waals surface area (Å²) in [6.07, 6.45) is 0.880. The Kier molecular flexibility index (Phi) is 5.53. The van der Waals surface area contributed by atoms with Gasteiger partial charge in [-0.2, -0.15) is 5.10 Å². The molecule has 0 unspecified atom stereocenters. The molecule has 0 saturated heterocycles. The number of hydrogen-bond donors (Lipinski definition) is 2. The van der Waals surface area contributed by atoms with Crippen molar-refractivity contribution in [2.75, 3.05) is 19.4 Å². The second-order valence-electron chi connectivity index (χ2n) is 6.28. The third-order valence-corrected chi connectivity index (χ3v) is 4.23. The molecule has 1 aliphatic rings. The fraction of sp³-hybridized carbons (Fsp3) is 0.300. The summed E-state index contributed by atoms with van der Waals surface area (Å²) in [6.45, 7) is 3.62. The Bertz CT molecular complexity index is 815. The molecule has 0 bridgehead atoms. The minimum Gasteiger partial charge on any atom is -0.399 e. The Labute approximate surface area is 153 Å². The lowest BCUT2D eigenvalue weighted by atomic mass is 9.94. The van der Waals surface area contributed by atoms with Crippen molar-refractivity contribution < 1.29 is 9.53 Å². The number of methoxy groups -OCH3 is 1. The molecule has 3 rings (SSSR count). The Hall–Kier alpha value is -2.86. The van der Waals surface area contributed by atoms with Gasteiger partial charge in [-0.1, -0.05) is 31.2 Å². The van der Waals surface area contributed by atoms with Gasteiger partial charge in [0.1, 0.15) is 0 Å². The largest absolute Gasteiger partial charge is 0.399 e. The van der Waals surface area contributed by atoms with E-state index in [2.05, 4.69) is 16.5 Å². The molecular weight excluding hydrogens is 328 g/mol. The number of urea groups is 1. The number of ether oxygens (including phenoxy) is 1. The van der Waals surface area contributed by atoms with Crippen LogP contribution < -0.4 is 11.1 Å². The number of benzene rings is 2. The number of fused-ring (bicyclic) bond motifs is 1. The van der Waals surface area contributed by atoms with E-state index in [1.54, 1.807) is 7.11 Å². The molecule has 26 heavy (non-hydrogen) atoms. The topological polar surface area (TPSA) is 80.0 Å². The summed E-state index contributed by atoms with van der Waals surface area (Å²) >= 11 is 0. The first kappa shape index (κ1) is 17.9. The number of anilines is 1. The van der Waals surface area contributed by atoms with Gasteiger partial charge in [0.25, 0.3) is 0 Å². The van der Waals surface area contributed by atoms with Crippen LogP contribution in [-0.2, 0) is 17.9 Å². The van der Waals surface area contributed by atoms with Gasteiger partial charge in [-0.3, -0.25) is 0 Å². The highest BCUT2D eigenvalue weighted by Gasteiger charge is 2.24. The zero-order chi connectivity index (χ0) is 18.5. The second kappa shape index (κ2) is 8.01. The van der Waals surface area contributed by atoms with E-state index in [-0.39, 0.29) is 6.03 Å². The van der Waals surface area contributed by atoms with Crippen LogP contribution in [0.3, 0.4) is 0 Å². The fourth-order valence-electron chi connectivity index (χ4n) is 2.90. The molecule has 2 aromatic rings. The standard InChI is InChI=1S/C20H24N4O2/c1-3-10-22-20(25)24-12-16-5-4-14(13-26-2)11-18(16)19(23-24)15-6-8-17(21)9-7-15/h4-9,11H,3,10,12-13,21H2,1-2H3,(H,22,25). The predicted octanol–water partition coefficient (Wildman–Crippen LogP) is 3.10. The van der Waals surface area contributed by atoms with Crippen LogP contribution in [0.5, 0.6) is 0 Å². The number of hydrazone groups is 1. The highest BCUT2D eigenvalue weighted by atomic mass is 16.5. The van der Waals surface area contributed by atoms with Crippen molar-refractivity contribution in [3.8, 4) is 0 Å². The molecule has 2 aromatic carbocycles. The van der Waals surface area contributed by atoms with Gasteiger partial charge in [0.05, 0.1) is 18.9 Å². The first-order valence-corrected chi connectivity index (χ1v) is 8.73. The quantitative estimate of drug-likeness (QED) is 0.812.